The van der Waals surface area contributed by atoms with Gasteiger partial charge in [-0.05, 0) is 37.3 Å². The lowest BCUT2D eigenvalue weighted by Gasteiger charge is -2.34. The van der Waals surface area contributed by atoms with Crippen molar-refractivity contribution in [3.8, 4) is 0 Å². The van der Waals surface area contributed by atoms with Crippen molar-refractivity contribution in [3.63, 3.8) is 0 Å². The number of benzene rings is 1. The summed E-state index contributed by atoms with van der Waals surface area (Å²) in [7, 11) is 0. The summed E-state index contributed by atoms with van der Waals surface area (Å²) >= 11 is 13.8. The van der Waals surface area contributed by atoms with Gasteiger partial charge in [-0.15, -0.1) is 23.4 Å². The molecule has 0 saturated heterocycles. The molecule has 5 heteroatoms. The second-order valence-corrected chi connectivity index (χ2v) is 6.99. The fraction of sp³-hybridized carbons (Fsp3) is 0.562. The quantitative estimate of drug-likeness (QED) is 0.548. The first-order valence-corrected chi connectivity index (χ1v) is 9.51. The Kier molecular flexibility index (Phi) is 6.72. The largest absolute Gasteiger partial charge is 0.334 e. The van der Waals surface area contributed by atoms with E-state index in [9.17, 15) is 4.79 Å². The van der Waals surface area contributed by atoms with Gasteiger partial charge in [0.2, 0.25) is 0 Å². The number of thioether (sulfide) groups is 1. The van der Waals surface area contributed by atoms with Crippen molar-refractivity contribution < 1.29 is 4.79 Å². The maximum atomic E-state index is 12.9. The van der Waals surface area contributed by atoms with Crippen molar-refractivity contribution in [2.45, 2.75) is 43.0 Å². The van der Waals surface area contributed by atoms with E-state index in [2.05, 4.69) is 0 Å². The Morgan fingerprint density at radius 3 is 2.67 bits per heavy atom. The Morgan fingerprint density at radius 1 is 1.33 bits per heavy atom. The van der Waals surface area contributed by atoms with Crippen LogP contribution in [0.25, 0.3) is 0 Å². The molecule has 2 rings (SSSR count). The van der Waals surface area contributed by atoms with Crippen LogP contribution in [0.5, 0.6) is 0 Å². The van der Waals surface area contributed by atoms with E-state index in [1.807, 2.05) is 23.3 Å². The van der Waals surface area contributed by atoms with Gasteiger partial charge >= 0.3 is 0 Å². The molecule has 0 spiro atoms. The van der Waals surface area contributed by atoms with Crippen LogP contribution in [0.3, 0.4) is 0 Å². The lowest BCUT2D eigenvalue weighted by Crippen LogP contribution is -2.42. The van der Waals surface area contributed by atoms with Crippen molar-refractivity contribution in [1.82, 2.24) is 4.90 Å². The third kappa shape index (κ3) is 4.30. The van der Waals surface area contributed by atoms with Gasteiger partial charge < -0.3 is 4.90 Å². The van der Waals surface area contributed by atoms with Gasteiger partial charge in [0.25, 0.3) is 5.91 Å². The zero-order chi connectivity index (χ0) is 15.2. The van der Waals surface area contributed by atoms with Gasteiger partial charge in [-0.2, -0.15) is 0 Å². The zero-order valence-corrected chi connectivity index (χ0v) is 14.6. The summed E-state index contributed by atoms with van der Waals surface area (Å²) < 4.78 is 0. The van der Waals surface area contributed by atoms with Crippen LogP contribution in [-0.4, -0.2) is 35.5 Å². The Balaban J connectivity index is 2.24. The summed E-state index contributed by atoms with van der Waals surface area (Å²) in [4.78, 5) is 15.9. The molecule has 0 unspecified atom stereocenters. The highest BCUT2D eigenvalue weighted by Gasteiger charge is 2.27. The first-order chi connectivity index (χ1) is 10.2. The highest BCUT2D eigenvalue weighted by molar-refractivity contribution is 7.98. The first kappa shape index (κ1) is 17.0. The zero-order valence-electron chi connectivity index (χ0n) is 12.3. The van der Waals surface area contributed by atoms with E-state index in [0.717, 1.165) is 17.7 Å². The normalized spacial score (nSPS) is 16.0. The second-order valence-electron chi connectivity index (χ2n) is 5.33. The number of alkyl halides is 1. The summed E-state index contributed by atoms with van der Waals surface area (Å²) in [5.41, 5.74) is 0.596. The molecule has 2 nitrogen and oxygen atoms in total. The SMILES string of the molecule is CSc1ccc(Cl)c(C(=O)N(CCCl)C2CCCCC2)c1. The molecule has 0 heterocycles. The van der Waals surface area contributed by atoms with Gasteiger partial charge in [0.1, 0.15) is 0 Å². The smallest absolute Gasteiger partial charge is 0.255 e. The maximum Gasteiger partial charge on any atom is 0.255 e. The van der Waals surface area contributed by atoms with Crippen LogP contribution in [0.15, 0.2) is 23.1 Å². The van der Waals surface area contributed by atoms with E-state index in [0.29, 0.717) is 29.1 Å². The molecule has 1 aromatic rings. The van der Waals surface area contributed by atoms with Gasteiger partial charge in [0.05, 0.1) is 10.6 Å². The monoisotopic (exact) mass is 345 g/mol. The number of carbonyl (C=O) groups excluding carboxylic acids is 1. The van der Waals surface area contributed by atoms with Gasteiger partial charge in [0, 0.05) is 23.4 Å². The topological polar surface area (TPSA) is 20.3 Å². The van der Waals surface area contributed by atoms with Crippen LogP contribution in [0.2, 0.25) is 5.02 Å². The number of nitrogens with zero attached hydrogens (tertiary/aromatic N) is 1. The molecule has 21 heavy (non-hydrogen) atoms. The average molecular weight is 346 g/mol. The van der Waals surface area contributed by atoms with Crippen molar-refractivity contribution >= 4 is 40.9 Å². The molecule has 0 radical (unpaired) electrons. The van der Waals surface area contributed by atoms with E-state index in [-0.39, 0.29) is 5.91 Å². The van der Waals surface area contributed by atoms with Gasteiger partial charge in [-0.1, -0.05) is 30.9 Å². The molecule has 0 atom stereocenters. The fourth-order valence-corrected chi connectivity index (χ4v) is 3.70. The molecule has 1 aliphatic carbocycles. The lowest BCUT2D eigenvalue weighted by molar-refractivity contribution is 0.0649. The predicted molar refractivity (Wildman–Crippen MR) is 91.9 cm³/mol. The maximum absolute atomic E-state index is 12.9. The molecular weight excluding hydrogens is 325 g/mol. The van der Waals surface area contributed by atoms with Crippen LogP contribution >= 0.6 is 35.0 Å². The van der Waals surface area contributed by atoms with Gasteiger partial charge in [-0.3, -0.25) is 4.79 Å². The van der Waals surface area contributed by atoms with Gasteiger partial charge in [-0.25, -0.2) is 0 Å². The number of carbonyl (C=O) groups is 1. The van der Waals surface area contributed by atoms with Crippen molar-refractivity contribution in [1.29, 1.82) is 0 Å². The highest BCUT2D eigenvalue weighted by atomic mass is 35.5. The third-order valence-electron chi connectivity index (χ3n) is 4.01. The molecule has 0 aromatic heterocycles. The summed E-state index contributed by atoms with van der Waals surface area (Å²) in [6.45, 7) is 0.588. The Labute approximate surface area is 141 Å². The molecule has 1 fully saturated rings. The van der Waals surface area contributed by atoms with Crippen LogP contribution in [0.4, 0.5) is 0 Å². The van der Waals surface area contributed by atoms with Gasteiger partial charge in [0.15, 0.2) is 0 Å². The van der Waals surface area contributed by atoms with Crippen molar-refractivity contribution in [2.75, 3.05) is 18.7 Å². The Hall–Kier alpha value is -0.380. The standard InChI is InChI=1S/C16H21Cl2NOS/c1-21-13-7-8-15(18)14(11-13)16(20)19(10-9-17)12-5-3-2-4-6-12/h7-8,11-12H,2-6,9-10H2,1H3. The molecule has 0 bridgehead atoms. The molecule has 0 aliphatic heterocycles. The third-order valence-corrected chi connectivity index (χ3v) is 5.23. The van der Waals surface area contributed by atoms with Crippen molar-refractivity contribution in [3.05, 3.63) is 28.8 Å². The number of amides is 1. The Morgan fingerprint density at radius 2 is 2.05 bits per heavy atom. The summed E-state index contributed by atoms with van der Waals surface area (Å²) in [6, 6.07) is 5.94. The number of halogens is 2. The molecule has 1 aromatic carbocycles. The summed E-state index contributed by atoms with van der Waals surface area (Å²) in [5.74, 6) is 0.477. The molecule has 0 N–H and O–H groups in total. The van der Waals surface area contributed by atoms with E-state index < -0.39 is 0 Å². The van der Waals surface area contributed by atoms with Crippen molar-refractivity contribution in [2.24, 2.45) is 0 Å². The minimum atomic E-state index is 0.0171. The highest BCUT2D eigenvalue weighted by Crippen LogP contribution is 2.28. The van der Waals surface area contributed by atoms with Crippen LogP contribution in [0.1, 0.15) is 42.5 Å². The van der Waals surface area contributed by atoms with Crippen LogP contribution in [-0.2, 0) is 0 Å². The summed E-state index contributed by atoms with van der Waals surface area (Å²) in [6.07, 6.45) is 7.78. The number of rotatable bonds is 5. The van der Waals surface area contributed by atoms with Crippen LogP contribution in [0, 0.1) is 0 Å². The average Bonchev–Trinajstić information content (AvgIpc) is 2.53. The fourth-order valence-electron chi connectivity index (χ4n) is 2.88. The molecule has 1 aliphatic rings. The molecule has 116 valence electrons. The minimum absolute atomic E-state index is 0.0171. The summed E-state index contributed by atoms with van der Waals surface area (Å²) in [5, 5.41) is 0.521. The molecule has 1 saturated carbocycles. The molecule has 1 amide bonds. The van der Waals surface area contributed by atoms with Crippen LogP contribution < -0.4 is 0 Å². The lowest BCUT2D eigenvalue weighted by atomic mass is 9.93. The molecular formula is C16H21Cl2NOS. The predicted octanol–water partition coefficient (Wildman–Crippen LogP) is 5.08. The minimum Gasteiger partial charge on any atom is -0.334 e. The van der Waals surface area contributed by atoms with E-state index >= 15 is 0 Å². The van der Waals surface area contributed by atoms with E-state index in [4.69, 9.17) is 23.2 Å². The number of hydrogen-bond donors (Lipinski definition) is 0. The van der Waals surface area contributed by atoms with E-state index in [1.165, 1.54) is 19.3 Å². The Bertz CT molecular complexity index is 489. The first-order valence-electron chi connectivity index (χ1n) is 7.38. The second kappa shape index (κ2) is 8.30. The number of hydrogen-bond acceptors (Lipinski definition) is 2. The van der Waals surface area contributed by atoms with E-state index in [1.54, 1.807) is 17.8 Å².